The quantitative estimate of drug-likeness (QED) is 0.583. The van der Waals surface area contributed by atoms with E-state index < -0.39 is 0 Å². The van der Waals surface area contributed by atoms with Crippen LogP contribution in [0.15, 0.2) is 65.3 Å². The van der Waals surface area contributed by atoms with Gasteiger partial charge in [0.15, 0.2) is 0 Å². The van der Waals surface area contributed by atoms with Gasteiger partial charge in [-0.05, 0) is 67.4 Å². The summed E-state index contributed by atoms with van der Waals surface area (Å²) in [5.74, 6) is 0.253. The van der Waals surface area contributed by atoms with Crippen molar-refractivity contribution in [3.63, 3.8) is 0 Å². The molecule has 3 aromatic rings. The van der Waals surface area contributed by atoms with Crippen LogP contribution in [0.3, 0.4) is 0 Å². The lowest BCUT2D eigenvalue weighted by molar-refractivity contribution is -0.114. The molecule has 2 amide bonds. The molecule has 0 saturated heterocycles. The Kier molecular flexibility index (Phi) is 6.11. The van der Waals surface area contributed by atoms with Crippen LogP contribution in [0.25, 0.3) is 0 Å². The molecule has 3 N–H and O–H groups in total. The molecule has 0 radical (unpaired) electrons. The van der Waals surface area contributed by atoms with E-state index in [0.29, 0.717) is 23.6 Å². The van der Waals surface area contributed by atoms with E-state index in [1.807, 2.05) is 26.0 Å². The lowest BCUT2D eigenvalue weighted by Crippen LogP contribution is -2.24. The van der Waals surface area contributed by atoms with Crippen molar-refractivity contribution in [1.82, 2.24) is 5.32 Å². The highest BCUT2D eigenvalue weighted by Gasteiger charge is 2.09. The molecule has 6 heteroatoms. The predicted molar refractivity (Wildman–Crippen MR) is 109 cm³/mol. The molecule has 144 valence electrons. The second-order valence-corrected chi connectivity index (χ2v) is 6.62. The number of hydrogen-bond donors (Lipinski definition) is 3. The maximum atomic E-state index is 12.3. The monoisotopic (exact) mass is 377 g/mol. The highest BCUT2D eigenvalue weighted by molar-refractivity contribution is 5.98. The molecule has 6 nitrogen and oxygen atoms in total. The minimum absolute atomic E-state index is 0.137. The smallest absolute Gasteiger partial charge is 0.251 e. The molecule has 1 heterocycles. The summed E-state index contributed by atoms with van der Waals surface area (Å²) in [6.45, 7) is 4.47. The van der Waals surface area contributed by atoms with Crippen LogP contribution in [0.5, 0.6) is 0 Å². The van der Waals surface area contributed by atoms with Crippen molar-refractivity contribution in [2.75, 3.05) is 17.2 Å². The maximum Gasteiger partial charge on any atom is 0.251 e. The van der Waals surface area contributed by atoms with Gasteiger partial charge in [-0.15, -0.1) is 0 Å². The molecule has 28 heavy (non-hydrogen) atoms. The van der Waals surface area contributed by atoms with Gasteiger partial charge in [0.25, 0.3) is 5.91 Å². The molecule has 2 aromatic carbocycles. The molecule has 0 fully saturated rings. The van der Waals surface area contributed by atoms with E-state index >= 15 is 0 Å². The number of benzene rings is 2. The van der Waals surface area contributed by atoms with Gasteiger partial charge < -0.3 is 20.4 Å². The van der Waals surface area contributed by atoms with Gasteiger partial charge in [-0.3, -0.25) is 9.59 Å². The number of aryl methyl sites for hydroxylation is 2. The molecule has 0 saturated carbocycles. The molecule has 1 aromatic heterocycles. The number of furan rings is 1. The molecule has 0 aliphatic carbocycles. The Morgan fingerprint density at radius 2 is 1.71 bits per heavy atom. The number of anilines is 2. The Balaban J connectivity index is 1.54. The summed E-state index contributed by atoms with van der Waals surface area (Å²) in [5, 5.41) is 8.71. The third-order valence-corrected chi connectivity index (χ3v) is 4.09. The van der Waals surface area contributed by atoms with Crippen molar-refractivity contribution in [3.05, 3.63) is 83.3 Å². The second-order valence-electron chi connectivity index (χ2n) is 6.62. The normalized spacial score (nSPS) is 10.4. The Morgan fingerprint density at radius 1 is 0.929 bits per heavy atom. The van der Waals surface area contributed by atoms with Crippen molar-refractivity contribution >= 4 is 23.2 Å². The standard InChI is InChI=1S/C22H23N3O3/c1-15-9-16(2)11-19(10-15)23-14-21(26)25-18-6-3-5-17(12-18)22(27)24-13-20-7-4-8-28-20/h3-12,23H,13-14H2,1-2H3,(H,24,27)(H,25,26). The van der Waals surface area contributed by atoms with Gasteiger partial charge in [0, 0.05) is 16.9 Å². The fourth-order valence-corrected chi connectivity index (χ4v) is 2.89. The molecule has 0 atom stereocenters. The van der Waals surface area contributed by atoms with E-state index in [0.717, 1.165) is 16.8 Å². The highest BCUT2D eigenvalue weighted by Crippen LogP contribution is 2.14. The van der Waals surface area contributed by atoms with Gasteiger partial charge in [-0.2, -0.15) is 0 Å². The van der Waals surface area contributed by atoms with Crippen LogP contribution in [0.1, 0.15) is 27.2 Å². The minimum Gasteiger partial charge on any atom is -0.467 e. The number of nitrogens with one attached hydrogen (secondary N) is 3. The van der Waals surface area contributed by atoms with E-state index in [-0.39, 0.29) is 18.4 Å². The molecule has 0 spiro atoms. The molecule has 0 aliphatic heterocycles. The predicted octanol–water partition coefficient (Wildman–Crippen LogP) is 3.88. The van der Waals surface area contributed by atoms with E-state index in [4.69, 9.17) is 4.42 Å². The van der Waals surface area contributed by atoms with Gasteiger partial charge in [-0.25, -0.2) is 0 Å². The molecule has 0 bridgehead atoms. The summed E-state index contributed by atoms with van der Waals surface area (Å²) in [6.07, 6.45) is 1.56. The van der Waals surface area contributed by atoms with Gasteiger partial charge in [0.05, 0.1) is 19.4 Å². The highest BCUT2D eigenvalue weighted by atomic mass is 16.3. The van der Waals surface area contributed by atoms with Crippen molar-refractivity contribution in [2.45, 2.75) is 20.4 Å². The maximum absolute atomic E-state index is 12.3. The van der Waals surface area contributed by atoms with Gasteiger partial charge >= 0.3 is 0 Å². The lowest BCUT2D eigenvalue weighted by Gasteiger charge is -2.10. The average Bonchev–Trinajstić information content (AvgIpc) is 3.17. The Labute approximate surface area is 164 Å². The van der Waals surface area contributed by atoms with Gasteiger partial charge in [-0.1, -0.05) is 12.1 Å². The lowest BCUT2D eigenvalue weighted by atomic mass is 10.1. The average molecular weight is 377 g/mol. The first-order valence-corrected chi connectivity index (χ1v) is 9.02. The number of hydrogen-bond acceptors (Lipinski definition) is 4. The van der Waals surface area contributed by atoms with Crippen molar-refractivity contribution in [3.8, 4) is 0 Å². The van der Waals surface area contributed by atoms with Crippen LogP contribution in [0.4, 0.5) is 11.4 Å². The summed E-state index contributed by atoms with van der Waals surface area (Å²) in [7, 11) is 0. The van der Waals surface area contributed by atoms with Crippen LogP contribution < -0.4 is 16.0 Å². The zero-order chi connectivity index (χ0) is 19.9. The SMILES string of the molecule is Cc1cc(C)cc(NCC(=O)Nc2cccc(C(=O)NCc3ccco3)c2)c1. The first-order chi connectivity index (χ1) is 13.5. The summed E-state index contributed by atoms with van der Waals surface area (Å²) in [5.41, 5.74) is 4.20. The fraction of sp³-hybridized carbons (Fsp3) is 0.182. The number of amides is 2. The Hall–Kier alpha value is -3.54. The van der Waals surface area contributed by atoms with E-state index in [1.165, 1.54) is 0 Å². The fourth-order valence-electron chi connectivity index (χ4n) is 2.89. The Morgan fingerprint density at radius 3 is 2.43 bits per heavy atom. The van der Waals surface area contributed by atoms with Crippen LogP contribution >= 0.6 is 0 Å². The zero-order valence-corrected chi connectivity index (χ0v) is 15.9. The van der Waals surface area contributed by atoms with Crippen molar-refractivity contribution in [2.24, 2.45) is 0 Å². The number of rotatable bonds is 7. The van der Waals surface area contributed by atoms with Crippen molar-refractivity contribution < 1.29 is 14.0 Å². The molecule has 0 aliphatic rings. The number of carbonyl (C=O) groups is 2. The molecule has 0 unspecified atom stereocenters. The second kappa shape index (κ2) is 8.90. The van der Waals surface area contributed by atoms with E-state index in [1.54, 1.807) is 42.7 Å². The Bertz CT molecular complexity index is 945. The summed E-state index contributed by atoms with van der Waals surface area (Å²) >= 11 is 0. The van der Waals surface area contributed by atoms with Gasteiger partial charge in [0.2, 0.25) is 5.91 Å². The molecule has 3 rings (SSSR count). The van der Waals surface area contributed by atoms with Crippen LogP contribution in [-0.4, -0.2) is 18.4 Å². The summed E-state index contributed by atoms with van der Waals surface area (Å²) in [4.78, 5) is 24.5. The first-order valence-electron chi connectivity index (χ1n) is 9.02. The third kappa shape index (κ3) is 5.48. The first kappa shape index (κ1) is 19.2. The van der Waals surface area contributed by atoms with E-state index in [2.05, 4.69) is 22.0 Å². The summed E-state index contributed by atoms with van der Waals surface area (Å²) in [6, 6.07) is 16.4. The molecular weight excluding hydrogens is 354 g/mol. The van der Waals surface area contributed by atoms with Crippen LogP contribution in [0.2, 0.25) is 0 Å². The zero-order valence-electron chi connectivity index (χ0n) is 15.9. The van der Waals surface area contributed by atoms with E-state index in [9.17, 15) is 9.59 Å². The topological polar surface area (TPSA) is 83.4 Å². The third-order valence-electron chi connectivity index (χ3n) is 4.09. The number of carbonyl (C=O) groups excluding carboxylic acids is 2. The van der Waals surface area contributed by atoms with Crippen LogP contribution in [-0.2, 0) is 11.3 Å². The minimum atomic E-state index is -0.235. The van der Waals surface area contributed by atoms with Gasteiger partial charge in [0.1, 0.15) is 5.76 Å². The largest absolute Gasteiger partial charge is 0.467 e. The van der Waals surface area contributed by atoms with Crippen LogP contribution in [0, 0.1) is 13.8 Å². The summed E-state index contributed by atoms with van der Waals surface area (Å²) < 4.78 is 5.20. The van der Waals surface area contributed by atoms with Crippen molar-refractivity contribution in [1.29, 1.82) is 0 Å². The molecular formula is C22H23N3O3.